The summed E-state index contributed by atoms with van der Waals surface area (Å²) in [6.45, 7) is 4.28. The Morgan fingerprint density at radius 1 is 1.26 bits per heavy atom. The van der Waals surface area contributed by atoms with Gasteiger partial charge in [0, 0.05) is 17.5 Å². The first-order chi connectivity index (χ1) is 12.7. The molecule has 2 aromatic rings. The van der Waals surface area contributed by atoms with Crippen LogP contribution in [-0.4, -0.2) is 38.2 Å². The SMILES string of the molecule is CC(C)[C@H](N=C1NS(=O)(=O)c2ccccc21)C(=O)N(C)Cc1ccc(Br)s1. The fraction of sp³-hybridized carbons (Fsp3) is 0.333. The maximum atomic E-state index is 13.0. The highest BCUT2D eigenvalue weighted by Crippen LogP contribution is 2.25. The number of carbonyl (C=O) groups excluding carboxylic acids is 1. The molecule has 2 heterocycles. The van der Waals surface area contributed by atoms with E-state index in [0.29, 0.717) is 12.1 Å². The number of fused-ring (bicyclic) bond motifs is 1. The van der Waals surface area contributed by atoms with Crippen molar-refractivity contribution in [2.24, 2.45) is 10.9 Å². The van der Waals surface area contributed by atoms with E-state index in [4.69, 9.17) is 0 Å². The molecule has 0 saturated heterocycles. The van der Waals surface area contributed by atoms with Crippen molar-refractivity contribution in [2.75, 3.05) is 7.05 Å². The molecule has 27 heavy (non-hydrogen) atoms. The summed E-state index contributed by atoms with van der Waals surface area (Å²) in [5, 5.41) is 0. The summed E-state index contributed by atoms with van der Waals surface area (Å²) in [6, 6.07) is 9.89. The van der Waals surface area contributed by atoms with Crippen molar-refractivity contribution < 1.29 is 13.2 Å². The molecule has 144 valence electrons. The predicted molar refractivity (Wildman–Crippen MR) is 110 cm³/mol. The molecular weight excluding hydrogens is 450 g/mol. The molecule has 1 N–H and O–H groups in total. The first-order valence-electron chi connectivity index (χ1n) is 8.38. The number of nitrogens with one attached hydrogen (secondary N) is 1. The number of halogens is 1. The van der Waals surface area contributed by atoms with Gasteiger partial charge in [-0.05, 0) is 46.1 Å². The van der Waals surface area contributed by atoms with Crippen LogP contribution in [0.3, 0.4) is 0 Å². The molecule has 1 aliphatic heterocycles. The summed E-state index contributed by atoms with van der Waals surface area (Å²) in [5.41, 5.74) is 0.501. The van der Waals surface area contributed by atoms with Crippen molar-refractivity contribution in [1.29, 1.82) is 0 Å². The average molecular weight is 470 g/mol. The predicted octanol–water partition coefficient (Wildman–Crippen LogP) is 3.23. The lowest BCUT2D eigenvalue weighted by Gasteiger charge is -2.23. The summed E-state index contributed by atoms with van der Waals surface area (Å²) in [4.78, 5) is 20.4. The number of amides is 1. The Kier molecular flexibility index (Phi) is 5.73. The molecule has 0 unspecified atom stereocenters. The Balaban J connectivity index is 1.88. The molecule has 1 amide bonds. The third kappa shape index (κ3) is 4.25. The van der Waals surface area contributed by atoms with Crippen molar-refractivity contribution in [1.82, 2.24) is 9.62 Å². The number of carbonyl (C=O) groups is 1. The Bertz CT molecular complexity index is 999. The molecular formula is C18H20BrN3O3S2. The zero-order valence-electron chi connectivity index (χ0n) is 15.1. The molecule has 1 aromatic carbocycles. The minimum Gasteiger partial charge on any atom is -0.339 e. The minimum absolute atomic E-state index is 0.0835. The van der Waals surface area contributed by atoms with Crippen LogP contribution < -0.4 is 4.72 Å². The number of rotatable bonds is 5. The Morgan fingerprint density at radius 3 is 2.59 bits per heavy atom. The van der Waals surface area contributed by atoms with Gasteiger partial charge in [-0.25, -0.2) is 8.42 Å². The standard InChI is InChI=1S/C18H20BrN3O3S2/c1-11(2)16(18(23)22(3)10-12-8-9-15(19)26-12)20-17-13-6-4-5-7-14(13)27(24,25)21-17/h4-9,11,16H,10H2,1-3H3,(H,20,21)/t16-/m0/s1. The van der Waals surface area contributed by atoms with Crippen LogP contribution in [0.15, 0.2) is 50.1 Å². The lowest BCUT2D eigenvalue weighted by molar-refractivity contribution is -0.132. The molecule has 1 aliphatic rings. The van der Waals surface area contributed by atoms with Gasteiger partial charge in [-0.3, -0.25) is 14.5 Å². The highest BCUT2D eigenvalue weighted by molar-refractivity contribution is 9.11. The fourth-order valence-corrected chi connectivity index (χ4v) is 5.61. The number of likely N-dealkylation sites (N-methyl/N-ethyl adjacent to an activating group) is 1. The molecule has 0 aliphatic carbocycles. The van der Waals surface area contributed by atoms with Crippen molar-refractivity contribution in [2.45, 2.75) is 31.3 Å². The minimum atomic E-state index is -3.63. The van der Waals surface area contributed by atoms with Crippen molar-refractivity contribution in [3.63, 3.8) is 0 Å². The van der Waals surface area contributed by atoms with Gasteiger partial charge < -0.3 is 4.90 Å². The molecule has 0 radical (unpaired) electrons. The van der Waals surface area contributed by atoms with E-state index in [-0.39, 0.29) is 22.6 Å². The number of benzene rings is 1. The van der Waals surface area contributed by atoms with Crippen molar-refractivity contribution in [3.05, 3.63) is 50.6 Å². The van der Waals surface area contributed by atoms with E-state index in [2.05, 4.69) is 25.6 Å². The number of hydrogen-bond acceptors (Lipinski definition) is 5. The van der Waals surface area contributed by atoms with E-state index >= 15 is 0 Å². The van der Waals surface area contributed by atoms with E-state index in [9.17, 15) is 13.2 Å². The normalized spacial score (nSPS) is 17.6. The number of aliphatic imine (C=N–C) groups is 1. The Morgan fingerprint density at radius 2 is 1.96 bits per heavy atom. The van der Waals surface area contributed by atoms with Crippen molar-refractivity contribution in [3.8, 4) is 0 Å². The van der Waals surface area contributed by atoms with Crippen LogP contribution in [0.2, 0.25) is 0 Å². The van der Waals surface area contributed by atoms with Crippen LogP contribution >= 0.6 is 27.3 Å². The van der Waals surface area contributed by atoms with E-state index < -0.39 is 16.1 Å². The molecule has 0 spiro atoms. The summed E-state index contributed by atoms with van der Waals surface area (Å²) in [7, 11) is -1.89. The molecule has 1 aromatic heterocycles. The van der Waals surface area contributed by atoms with E-state index in [1.54, 1.807) is 41.5 Å². The zero-order chi connectivity index (χ0) is 19.8. The molecule has 6 nitrogen and oxygen atoms in total. The number of amidine groups is 1. The van der Waals surface area contributed by atoms with E-state index in [1.807, 2.05) is 26.0 Å². The van der Waals surface area contributed by atoms with E-state index in [0.717, 1.165) is 8.66 Å². The Labute approximate surface area is 171 Å². The van der Waals surface area contributed by atoms with Gasteiger partial charge in [0.1, 0.15) is 11.9 Å². The lowest BCUT2D eigenvalue weighted by Crippen LogP contribution is -2.39. The van der Waals surface area contributed by atoms with Crippen LogP contribution in [0.4, 0.5) is 0 Å². The summed E-state index contributed by atoms with van der Waals surface area (Å²) < 4.78 is 28.0. The van der Waals surface area contributed by atoms with Crippen LogP contribution in [0.1, 0.15) is 24.3 Å². The Hall–Kier alpha value is -1.71. The van der Waals surface area contributed by atoms with Gasteiger partial charge in [0.15, 0.2) is 0 Å². The molecule has 9 heteroatoms. The summed E-state index contributed by atoms with van der Waals surface area (Å²) in [5.74, 6) is -0.00434. The van der Waals surface area contributed by atoms with Gasteiger partial charge in [0.25, 0.3) is 10.0 Å². The summed E-state index contributed by atoms with van der Waals surface area (Å²) >= 11 is 5.00. The van der Waals surface area contributed by atoms with E-state index in [1.165, 1.54) is 6.07 Å². The number of hydrogen-bond donors (Lipinski definition) is 1. The maximum Gasteiger partial charge on any atom is 0.263 e. The smallest absolute Gasteiger partial charge is 0.263 e. The van der Waals surface area contributed by atoms with Crippen molar-refractivity contribution >= 4 is 49.0 Å². The third-order valence-electron chi connectivity index (χ3n) is 4.21. The summed E-state index contributed by atoms with van der Waals surface area (Å²) in [6.07, 6.45) is 0. The average Bonchev–Trinajstić information content (AvgIpc) is 3.12. The number of sulfonamides is 1. The third-order valence-corrected chi connectivity index (χ3v) is 7.22. The second-order valence-electron chi connectivity index (χ2n) is 6.67. The maximum absolute atomic E-state index is 13.0. The van der Waals surface area contributed by atoms with Gasteiger partial charge in [-0.2, -0.15) is 0 Å². The van der Waals surface area contributed by atoms with Crippen LogP contribution in [0.5, 0.6) is 0 Å². The van der Waals surface area contributed by atoms with Crippen LogP contribution in [-0.2, 0) is 21.4 Å². The number of nitrogens with zero attached hydrogens (tertiary/aromatic N) is 2. The zero-order valence-corrected chi connectivity index (χ0v) is 18.4. The largest absolute Gasteiger partial charge is 0.339 e. The molecule has 3 rings (SSSR count). The fourth-order valence-electron chi connectivity index (χ4n) is 2.83. The molecule has 0 saturated carbocycles. The molecule has 1 atom stereocenters. The quantitative estimate of drug-likeness (QED) is 0.729. The monoisotopic (exact) mass is 469 g/mol. The topological polar surface area (TPSA) is 78.8 Å². The van der Waals surface area contributed by atoms with Gasteiger partial charge >= 0.3 is 0 Å². The van der Waals surface area contributed by atoms with Gasteiger partial charge in [0.2, 0.25) is 5.91 Å². The van der Waals surface area contributed by atoms with Crippen LogP contribution in [0, 0.1) is 5.92 Å². The highest BCUT2D eigenvalue weighted by Gasteiger charge is 2.33. The van der Waals surface area contributed by atoms with Gasteiger partial charge in [-0.1, -0.05) is 26.0 Å². The molecule has 0 bridgehead atoms. The first-order valence-corrected chi connectivity index (χ1v) is 11.5. The second kappa shape index (κ2) is 7.73. The highest BCUT2D eigenvalue weighted by atomic mass is 79.9. The second-order valence-corrected chi connectivity index (χ2v) is 10.9. The first kappa shape index (κ1) is 20.0. The van der Waals surface area contributed by atoms with Crippen LogP contribution in [0.25, 0.3) is 0 Å². The lowest BCUT2D eigenvalue weighted by atomic mass is 10.0. The number of thiophene rings is 1. The van der Waals surface area contributed by atoms with Gasteiger partial charge in [-0.15, -0.1) is 11.3 Å². The molecule has 0 fully saturated rings. The van der Waals surface area contributed by atoms with Gasteiger partial charge in [0.05, 0.1) is 15.2 Å².